The minimum atomic E-state index is -3.41. The first-order valence-electron chi connectivity index (χ1n) is 8.25. The highest BCUT2D eigenvalue weighted by molar-refractivity contribution is 7.91. The average Bonchev–Trinajstić information content (AvgIpc) is 2.51. The van der Waals surface area contributed by atoms with Gasteiger partial charge in [0.05, 0.1) is 11.5 Å². The van der Waals surface area contributed by atoms with E-state index in [9.17, 15) is 23.7 Å². The zero-order chi connectivity index (χ0) is 17.5. The number of ether oxygens (including phenoxy) is 2. The van der Waals surface area contributed by atoms with Gasteiger partial charge < -0.3 is 24.8 Å². The molecule has 0 aromatic rings. The van der Waals surface area contributed by atoms with Gasteiger partial charge in [0.2, 0.25) is 0 Å². The third kappa shape index (κ3) is 6.64. The number of aliphatic hydroxyl groups is 3. The molecule has 0 saturated carbocycles. The first kappa shape index (κ1) is 20.8. The van der Waals surface area contributed by atoms with Crippen molar-refractivity contribution >= 4 is 9.84 Å². The third-order valence-electron chi connectivity index (χ3n) is 4.13. The van der Waals surface area contributed by atoms with Crippen molar-refractivity contribution in [2.24, 2.45) is 0 Å². The van der Waals surface area contributed by atoms with E-state index < -0.39 is 46.3 Å². The van der Waals surface area contributed by atoms with Crippen molar-refractivity contribution in [2.45, 2.75) is 76.2 Å². The maximum absolute atomic E-state index is 12.1. The van der Waals surface area contributed by atoms with Gasteiger partial charge in [-0.15, -0.1) is 0 Å². The quantitative estimate of drug-likeness (QED) is 0.481. The molecular formula is C15H30O7S. The molecule has 1 fully saturated rings. The molecule has 1 saturated heterocycles. The lowest BCUT2D eigenvalue weighted by molar-refractivity contribution is -0.285. The van der Waals surface area contributed by atoms with Crippen molar-refractivity contribution in [3.05, 3.63) is 0 Å². The Hall–Kier alpha value is -0.250. The van der Waals surface area contributed by atoms with Crippen LogP contribution in [0.4, 0.5) is 0 Å². The Balaban J connectivity index is 2.46. The van der Waals surface area contributed by atoms with Gasteiger partial charge in [-0.25, -0.2) is 8.42 Å². The molecule has 1 aliphatic rings. The van der Waals surface area contributed by atoms with E-state index in [4.69, 9.17) is 9.47 Å². The maximum Gasteiger partial charge on any atom is 0.186 e. The molecule has 0 aliphatic carbocycles. The highest BCUT2D eigenvalue weighted by Gasteiger charge is 2.45. The Morgan fingerprint density at radius 1 is 0.957 bits per heavy atom. The Morgan fingerprint density at radius 2 is 1.57 bits per heavy atom. The summed E-state index contributed by atoms with van der Waals surface area (Å²) in [5.74, 6) is -0.366. The minimum Gasteiger partial charge on any atom is -0.388 e. The van der Waals surface area contributed by atoms with Crippen LogP contribution in [0.1, 0.15) is 45.4 Å². The van der Waals surface area contributed by atoms with Gasteiger partial charge in [-0.05, 0) is 6.42 Å². The highest BCUT2D eigenvalue weighted by atomic mass is 32.2. The second kappa shape index (κ2) is 9.90. The summed E-state index contributed by atoms with van der Waals surface area (Å²) < 4.78 is 34.4. The van der Waals surface area contributed by atoms with E-state index in [1.54, 1.807) is 0 Å². The lowest BCUT2D eigenvalue weighted by Gasteiger charge is -2.39. The third-order valence-corrected chi connectivity index (χ3v) is 5.87. The summed E-state index contributed by atoms with van der Waals surface area (Å²) in [5.41, 5.74) is 0. The summed E-state index contributed by atoms with van der Waals surface area (Å²) in [6, 6.07) is 0. The van der Waals surface area contributed by atoms with Crippen LogP contribution >= 0.6 is 0 Å². The summed E-state index contributed by atoms with van der Waals surface area (Å²) in [7, 11) is -2.13. The molecule has 0 unspecified atom stereocenters. The Kier molecular flexibility index (Phi) is 8.95. The molecule has 0 radical (unpaired) electrons. The fourth-order valence-electron chi connectivity index (χ4n) is 2.68. The topological polar surface area (TPSA) is 113 Å². The average molecular weight is 354 g/mol. The molecule has 1 aliphatic heterocycles. The molecule has 0 aromatic carbocycles. The van der Waals surface area contributed by atoms with Crippen LogP contribution in [0.2, 0.25) is 0 Å². The SMILES string of the molecule is CCCCCCCCS(=O)(=O)C[C@H]1O[C@H](OC)[C@H](O)[C@@H](O)[C@@H]1O. The molecule has 138 valence electrons. The summed E-state index contributed by atoms with van der Waals surface area (Å²) >= 11 is 0. The van der Waals surface area contributed by atoms with Gasteiger partial charge in [0.25, 0.3) is 0 Å². The number of aliphatic hydroxyl groups excluding tert-OH is 3. The van der Waals surface area contributed by atoms with E-state index in [2.05, 4.69) is 6.92 Å². The van der Waals surface area contributed by atoms with Gasteiger partial charge in [0, 0.05) is 7.11 Å². The monoisotopic (exact) mass is 354 g/mol. The number of methoxy groups -OCH3 is 1. The lowest BCUT2D eigenvalue weighted by atomic mass is 10.00. The molecule has 0 spiro atoms. The van der Waals surface area contributed by atoms with Crippen molar-refractivity contribution in [1.29, 1.82) is 0 Å². The van der Waals surface area contributed by atoms with Gasteiger partial charge in [-0.1, -0.05) is 39.0 Å². The van der Waals surface area contributed by atoms with Gasteiger partial charge in [0.1, 0.15) is 24.4 Å². The van der Waals surface area contributed by atoms with Crippen molar-refractivity contribution in [3.63, 3.8) is 0 Å². The molecule has 1 heterocycles. The largest absolute Gasteiger partial charge is 0.388 e. The van der Waals surface area contributed by atoms with Crippen LogP contribution in [-0.2, 0) is 19.3 Å². The Bertz CT molecular complexity index is 424. The zero-order valence-electron chi connectivity index (χ0n) is 13.9. The number of hydrogen-bond donors (Lipinski definition) is 3. The Morgan fingerprint density at radius 3 is 2.17 bits per heavy atom. The number of hydrogen-bond acceptors (Lipinski definition) is 7. The maximum atomic E-state index is 12.1. The van der Waals surface area contributed by atoms with E-state index in [1.807, 2.05) is 0 Å². The standard InChI is InChI=1S/C15H30O7S/c1-3-4-5-6-7-8-9-23(19,20)10-11-12(16)13(17)14(18)15(21-2)22-11/h11-18H,3-10H2,1-2H3/t11-,12-,13+,14-,15+/m1/s1. The van der Waals surface area contributed by atoms with Gasteiger partial charge in [0.15, 0.2) is 16.1 Å². The molecule has 8 heteroatoms. The van der Waals surface area contributed by atoms with Crippen LogP contribution in [0.25, 0.3) is 0 Å². The van der Waals surface area contributed by atoms with E-state index in [-0.39, 0.29) is 5.75 Å². The molecule has 0 amide bonds. The fourth-order valence-corrected chi connectivity index (χ4v) is 4.27. The number of sulfone groups is 1. The van der Waals surface area contributed by atoms with Crippen LogP contribution < -0.4 is 0 Å². The second-order valence-corrected chi connectivity index (χ2v) is 8.36. The van der Waals surface area contributed by atoms with Crippen molar-refractivity contribution in [1.82, 2.24) is 0 Å². The first-order valence-corrected chi connectivity index (χ1v) is 10.1. The van der Waals surface area contributed by atoms with E-state index in [0.717, 1.165) is 32.1 Å². The van der Waals surface area contributed by atoms with Crippen LogP contribution in [0.5, 0.6) is 0 Å². The Labute approximate surface area is 138 Å². The van der Waals surface area contributed by atoms with E-state index in [0.29, 0.717) is 6.42 Å². The van der Waals surface area contributed by atoms with E-state index in [1.165, 1.54) is 7.11 Å². The first-order chi connectivity index (χ1) is 10.8. The predicted molar refractivity (Wildman–Crippen MR) is 85.7 cm³/mol. The molecule has 1 rings (SSSR count). The molecule has 5 atom stereocenters. The fraction of sp³-hybridized carbons (Fsp3) is 1.00. The number of unbranched alkanes of at least 4 members (excludes halogenated alkanes) is 5. The van der Waals surface area contributed by atoms with Crippen molar-refractivity contribution in [3.8, 4) is 0 Å². The molecule has 7 nitrogen and oxygen atoms in total. The van der Waals surface area contributed by atoms with Gasteiger partial charge >= 0.3 is 0 Å². The van der Waals surface area contributed by atoms with Crippen LogP contribution in [0.15, 0.2) is 0 Å². The normalized spacial score (nSPS) is 32.1. The van der Waals surface area contributed by atoms with Crippen LogP contribution in [0.3, 0.4) is 0 Å². The molecule has 3 N–H and O–H groups in total. The van der Waals surface area contributed by atoms with Crippen LogP contribution in [-0.4, -0.2) is 73.1 Å². The van der Waals surface area contributed by atoms with E-state index >= 15 is 0 Å². The zero-order valence-corrected chi connectivity index (χ0v) is 14.7. The lowest BCUT2D eigenvalue weighted by Crippen LogP contribution is -2.59. The van der Waals surface area contributed by atoms with Gasteiger partial charge in [-0.2, -0.15) is 0 Å². The highest BCUT2D eigenvalue weighted by Crippen LogP contribution is 2.23. The van der Waals surface area contributed by atoms with Crippen LogP contribution in [0, 0.1) is 0 Å². The summed E-state index contributed by atoms with van der Waals surface area (Å²) in [5, 5.41) is 29.3. The molecular weight excluding hydrogens is 324 g/mol. The van der Waals surface area contributed by atoms with Crippen molar-refractivity contribution < 1.29 is 33.2 Å². The van der Waals surface area contributed by atoms with Gasteiger partial charge in [-0.3, -0.25) is 0 Å². The minimum absolute atomic E-state index is 0.0298. The predicted octanol–water partition coefficient (Wildman–Crippen LogP) is 0.216. The number of rotatable bonds is 10. The van der Waals surface area contributed by atoms with Crippen molar-refractivity contribution in [2.75, 3.05) is 18.6 Å². The smallest absolute Gasteiger partial charge is 0.186 e. The molecule has 23 heavy (non-hydrogen) atoms. The summed E-state index contributed by atoms with van der Waals surface area (Å²) in [6.45, 7) is 2.12. The molecule has 0 aromatic heterocycles. The second-order valence-electron chi connectivity index (χ2n) is 6.13. The summed E-state index contributed by atoms with van der Waals surface area (Å²) in [4.78, 5) is 0. The summed E-state index contributed by atoms with van der Waals surface area (Å²) in [6.07, 6.45) is -0.763. The molecule has 0 bridgehead atoms.